The number of rotatable bonds is 32. The van der Waals surface area contributed by atoms with E-state index in [1.165, 1.54) is 142 Å². The molecule has 0 saturated carbocycles. The highest BCUT2D eigenvalue weighted by Gasteiger charge is 2.50. The van der Waals surface area contributed by atoms with Crippen LogP contribution in [0.5, 0.6) is 69.0 Å². The van der Waals surface area contributed by atoms with Gasteiger partial charge in [0.15, 0.2) is 41.4 Å². The van der Waals surface area contributed by atoms with E-state index in [0.29, 0.717) is 21.3 Å². The zero-order chi connectivity index (χ0) is 97.6. The first-order valence-electron chi connectivity index (χ1n) is 45.9. The molecule has 8 aliphatic heterocycles. The van der Waals surface area contributed by atoms with Gasteiger partial charge < -0.3 is 112 Å². The largest absolute Gasteiger partial charge is 0.508 e. The fourth-order valence-electron chi connectivity index (χ4n) is 17.6. The maximum atomic E-state index is 16.4. The van der Waals surface area contributed by atoms with Crippen molar-refractivity contribution in [3.63, 3.8) is 0 Å². The number of carbonyl (C=O) groups excluding carboxylic acids is 8. The first kappa shape index (κ1) is 101. The summed E-state index contributed by atoms with van der Waals surface area (Å²) in [7, 11) is 0. The summed E-state index contributed by atoms with van der Waals surface area (Å²) in [6.45, 7) is 4.03. The third kappa shape index (κ3) is 24.1. The van der Waals surface area contributed by atoms with Gasteiger partial charge in [0.2, 0.25) is 41.2 Å². The zero-order valence-corrected chi connectivity index (χ0v) is 78.4. The molecule has 1 fully saturated rings. The Kier molecular flexibility index (Phi) is 33.9. The molecule has 1 saturated heterocycles. The molecule has 1 aromatic heterocycles. The number of aliphatic carboxylic acids is 1. The summed E-state index contributed by atoms with van der Waals surface area (Å²) in [5.41, 5.74) is -2.55. The third-order valence-corrected chi connectivity index (χ3v) is 27.8. The number of carboxylic acid groups (broad SMARTS) is 1. The molecule has 0 spiro atoms. The number of aliphatic hydroxyl groups is 4. The number of fused-ring (bicyclic) bond motifs is 14. The number of hydrogen-bond donors (Lipinski definition) is 18. The van der Waals surface area contributed by atoms with E-state index in [1.54, 1.807) is 0 Å². The number of aromatic nitrogens is 3. The van der Waals surface area contributed by atoms with E-state index < -0.39 is 219 Å². The zero-order valence-electron chi connectivity index (χ0n) is 75.3. The van der Waals surface area contributed by atoms with Gasteiger partial charge in [-0.25, -0.2) is 9.48 Å². The molecule has 0 radical (unpaired) electrons. The molecule has 2 unspecified atom stereocenters. The predicted molar refractivity (Wildman–Crippen MR) is 503 cm³/mol. The number of imide groups is 1. The van der Waals surface area contributed by atoms with Crippen molar-refractivity contribution in [1.82, 2.24) is 57.1 Å². The van der Waals surface area contributed by atoms with Crippen LogP contribution in [-0.4, -0.2) is 196 Å². The van der Waals surface area contributed by atoms with E-state index in [0.717, 1.165) is 147 Å². The van der Waals surface area contributed by atoms with Crippen LogP contribution in [0.1, 0.15) is 230 Å². The number of aromatic hydroxyl groups is 6. The molecule has 137 heavy (non-hydrogen) atoms. The van der Waals surface area contributed by atoms with Crippen LogP contribution in [-0.2, 0) is 65.6 Å². The van der Waals surface area contributed by atoms with Gasteiger partial charge in [0.05, 0.1) is 45.2 Å². The Hall–Kier alpha value is -12.0. The normalized spacial score (nSPS) is 22.8. The Morgan fingerprint density at radius 1 is 0.540 bits per heavy atom. The number of carboxylic acids is 1. The van der Waals surface area contributed by atoms with Crippen LogP contribution < -0.4 is 51.4 Å². The first-order valence-corrected chi connectivity index (χ1v) is 48.6. The van der Waals surface area contributed by atoms with Gasteiger partial charge in [-0.1, -0.05) is 182 Å². The smallest absolute Gasteiger partial charge is 0.330 e. The average Bonchev–Trinajstić information content (AvgIpc) is 1.58. The van der Waals surface area contributed by atoms with Gasteiger partial charge in [-0.2, -0.15) is 0 Å². The molecule has 14 atom stereocenters. The summed E-state index contributed by atoms with van der Waals surface area (Å²) in [5.74, 6) is -15.6. The Morgan fingerprint density at radius 2 is 1.12 bits per heavy atom. The Morgan fingerprint density at radius 3 is 1.73 bits per heavy atom. The van der Waals surface area contributed by atoms with Crippen LogP contribution in [0.15, 0.2) is 131 Å². The molecule has 17 bridgehead atoms. The van der Waals surface area contributed by atoms with Crippen molar-refractivity contribution in [3.05, 3.63) is 186 Å². The molecule has 18 N–H and O–H groups in total. The molecule has 40 heteroatoms. The van der Waals surface area contributed by atoms with Crippen LogP contribution in [0.4, 0.5) is 0 Å². The maximum absolute atomic E-state index is 16.4. The lowest BCUT2D eigenvalue weighted by Crippen LogP contribution is -2.65. The molecule has 9 heterocycles. The molecule has 8 amide bonds. The third-order valence-electron chi connectivity index (χ3n) is 24.7. The van der Waals surface area contributed by atoms with Crippen LogP contribution in [0.3, 0.4) is 0 Å². The first-order chi connectivity index (χ1) is 65.9. The standard InChI is InChI=1S/C97H111Cl2N11O25S2/c1-4-6-8-10-12-14-16-18-20-22-32-136-86-87(137-33-23-21-19-17-15-13-11-9-7-5-2)95(128)109(94(86)127)46-56-47-110(108-107-56)81-52-26-29-66(116)70(40-52)131-59-37-54(36-57(113)43-59)76-90(123)104-77-55-41-71(132-68-30-24-50(34-62(68)98)35-64(88(121)102-76)101-93(81)126)82(118)72(42-55)133-69-31-27-53(39-63(69)99)85(135-97-79(100-49(3)112)84(120)83(119)73(48-111)134-97)80-92(125)105-78(96(129)130)61-44-58(114)45-67(117)74(61)60-38-51(25-28-65(60)115)75(89(122)106-80)103-91(77)124/h24-31,34,36-45,47,64,73,75-81,83-85,91,97,103,111,113-120,124H,4-23,32-33,35,46,48H2,1-3H3,(H,100,112)(H,101,126)(H,102,121)(H,104,123)(H,105,125)(H,106,122)(H,129,130)/t64-,73-,75-,76+,77-,78-,79-,80-,81?,83-,84-,85-,91?,97+/m1/s1. The SMILES string of the molecule is CCCCCCCCCCCCSC1=C(SCCCCCCCCCCCC)C(=O)N(Cc2cn(C3C(=O)N[C@@H]4Cc5ccc(c(Cl)c5)Oc5cc6cc(c5O)Oc5ccc(cc5Cl)[C@@H](O[C@@H]5O[C@H](CO)[C@@H](O)[C@H](O)[C@H]5NC(C)=O)[C@H]5NC(=O)[C@H](NC(O)[C@@H]6NC(=O)[C@@H](NC4=O)c4cc(O)cc(c4)Oc4cc3ccc4O)c3ccc(O)c(c3)-c3c(O)cc(O)cc3[C@H](C(=O)O)NC5=O)nn2)C1=O. The number of phenolic OH excluding ortho intramolecular Hbond substituents is 6. The van der Waals surface area contributed by atoms with Gasteiger partial charge in [-0.05, 0) is 137 Å². The molecule has 8 aliphatic rings. The lowest BCUT2D eigenvalue weighted by Gasteiger charge is -2.44. The molecule has 7 aromatic carbocycles. The number of amides is 8. The molecular weight excluding hydrogens is 1850 g/mol. The molecule has 730 valence electrons. The van der Waals surface area contributed by atoms with Gasteiger partial charge in [0.1, 0.15) is 107 Å². The minimum absolute atomic E-state index is 0.0419. The van der Waals surface area contributed by atoms with Crippen molar-refractivity contribution in [1.29, 1.82) is 0 Å². The Balaban J connectivity index is 0.843. The number of benzene rings is 7. The van der Waals surface area contributed by atoms with Gasteiger partial charge in [0.25, 0.3) is 11.8 Å². The van der Waals surface area contributed by atoms with E-state index in [9.17, 15) is 75.3 Å². The van der Waals surface area contributed by atoms with Crippen molar-refractivity contribution in [2.24, 2.45) is 0 Å². The van der Waals surface area contributed by atoms with Crippen LogP contribution in [0.25, 0.3) is 11.1 Å². The minimum Gasteiger partial charge on any atom is -0.508 e. The summed E-state index contributed by atoms with van der Waals surface area (Å²) in [4.78, 5) is 139. The molecule has 16 rings (SSSR count). The second-order valence-electron chi connectivity index (χ2n) is 34.8. The average molecular weight is 1970 g/mol. The molecule has 8 aromatic rings. The second kappa shape index (κ2) is 46.0. The fraction of sp³-hybridized carbons (Fsp3) is 0.433. The van der Waals surface area contributed by atoms with Gasteiger partial charge >= 0.3 is 5.97 Å². The van der Waals surface area contributed by atoms with Crippen LogP contribution in [0, 0.1) is 0 Å². The van der Waals surface area contributed by atoms with Gasteiger partial charge in [-0.3, -0.25) is 48.6 Å². The highest BCUT2D eigenvalue weighted by atomic mass is 35.5. The van der Waals surface area contributed by atoms with Crippen molar-refractivity contribution >= 4 is 100.0 Å². The van der Waals surface area contributed by atoms with E-state index in [2.05, 4.69) is 61.4 Å². The highest BCUT2D eigenvalue weighted by Crippen LogP contribution is 2.50. The number of thioether (sulfide) groups is 2. The summed E-state index contributed by atoms with van der Waals surface area (Å²) in [6.07, 6.45) is 10.9. The monoisotopic (exact) mass is 1960 g/mol. The minimum atomic E-state index is -2.50. The van der Waals surface area contributed by atoms with Crippen molar-refractivity contribution < 1.29 is 123 Å². The number of unbranched alkanes of at least 4 members (excludes halogenated alkanes) is 18. The van der Waals surface area contributed by atoms with Crippen LogP contribution >= 0.6 is 46.7 Å². The molecule has 0 aliphatic carbocycles. The summed E-state index contributed by atoms with van der Waals surface area (Å²) >= 11 is 17.1. The summed E-state index contributed by atoms with van der Waals surface area (Å²) < 4.78 is 33.1. The quantitative estimate of drug-likeness (QED) is 0.0137. The number of phenols is 6. The number of aliphatic hydroxyl groups excluding tert-OH is 4. The lowest BCUT2D eigenvalue weighted by atomic mass is 9.89. The van der Waals surface area contributed by atoms with E-state index in [1.807, 2.05) is 0 Å². The van der Waals surface area contributed by atoms with E-state index in [4.69, 9.17) is 46.9 Å². The number of nitrogens with one attached hydrogen (secondary N) is 7. The predicted octanol–water partition coefficient (Wildman–Crippen LogP) is 12.3. The summed E-state index contributed by atoms with van der Waals surface area (Å²) in [5, 5.41) is 156. The highest BCUT2D eigenvalue weighted by molar-refractivity contribution is 8.08. The van der Waals surface area contributed by atoms with E-state index in [-0.39, 0.29) is 73.6 Å². The number of hydrogen-bond acceptors (Lipinski definition) is 29. The number of halogens is 2. The lowest BCUT2D eigenvalue weighted by molar-refractivity contribution is -0.284. The Bertz CT molecular complexity index is 5800. The van der Waals surface area contributed by atoms with E-state index >= 15 is 24.0 Å². The molecule has 36 nitrogen and oxygen atoms in total. The van der Waals surface area contributed by atoms with Crippen LogP contribution in [0.2, 0.25) is 10.0 Å². The van der Waals surface area contributed by atoms with Crippen molar-refractivity contribution in [2.75, 3.05) is 18.1 Å². The second-order valence-corrected chi connectivity index (χ2v) is 37.8. The molecular formula is C97H111Cl2N11O25S2. The summed E-state index contributed by atoms with van der Waals surface area (Å²) in [6, 6.07) is 5.26. The number of nitrogens with zero attached hydrogens (tertiary/aromatic N) is 4. The van der Waals surface area contributed by atoms with Gasteiger partial charge in [0, 0.05) is 42.2 Å². The van der Waals surface area contributed by atoms with Crippen molar-refractivity contribution in [2.45, 2.75) is 247 Å². The maximum Gasteiger partial charge on any atom is 0.330 e. The number of carbonyl (C=O) groups is 9. The van der Waals surface area contributed by atoms with Gasteiger partial charge in [-0.15, -0.1) is 28.6 Å². The van der Waals surface area contributed by atoms with Crippen molar-refractivity contribution in [3.8, 4) is 80.1 Å². The fourth-order valence-corrected chi connectivity index (χ4v) is 20.4. The number of ether oxygens (including phenoxy) is 5. The Labute approximate surface area is 806 Å². The topological polar surface area (TPSA) is 540 Å².